The molecule has 4 aromatic rings. The number of nitrogen functional groups attached to an aromatic ring is 1. The van der Waals surface area contributed by atoms with Crippen molar-refractivity contribution in [3.8, 4) is 17.9 Å². The summed E-state index contributed by atoms with van der Waals surface area (Å²) in [6.45, 7) is 5.31. The summed E-state index contributed by atoms with van der Waals surface area (Å²) in [6, 6.07) is 4.46. The first-order valence-corrected chi connectivity index (χ1v) is 12.0. The topological polar surface area (TPSA) is 156 Å². The predicted molar refractivity (Wildman–Crippen MR) is 142 cm³/mol. The monoisotopic (exact) mass is 546 g/mol. The predicted octanol–water partition coefficient (Wildman–Crippen LogP) is 2.83. The Hall–Kier alpha value is -5.30. The molecule has 3 N–H and O–H groups in total. The van der Waals surface area contributed by atoms with Crippen LogP contribution in [0, 0.1) is 41.7 Å². The molecule has 13 heteroatoms. The summed E-state index contributed by atoms with van der Waals surface area (Å²) in [5, 5.41) is 21.2. The highest BCUT2D eigenvalue weighted by molar-refractivity contribution is 5.93. The van der Waals surface area contributed by atoms with Gasteiger partial charge in [-0.3, -0.25) is 14.3 Å². The molecule has 0 aliphatic carbocycles. The molecule has 0 spiro atoms. The number of nitrogens with zero attached hydrogens (tertiary/aromatic N) is 7. The summed E-state index contributed by atoms with van der Waals surface area (Å²) in [4.78, 5) is 30.6. The number of rotatable bonds is 3. The van der Waals surface area contributed by atoms with Gasteiger partial charge in [0.25, 0.3) is 6.47 Å². The summed E-state index contributed by atoms with van der Waals surface area (Å²) < 4.78 is 33.3. The number of carboxylic acid groups (broad SMARTS) is 1. The molecule has 5 rings (SSSR count). The molecule has 2 atom stereocenters. The van der Waals surface area contributed by atoms with Crippen LogP contribution in [0.15, 0.2) is 31.0 Å². The van der Waals surface area contributed by atoms with E-state index in [0.29, 0.717) is 35.2 Å². The molecule has 1 aliphatic rings. The Labute approximate surface area is 227 Å². The number of fused-ring (bicyclic) bond motifs is 2. The fraction of sp³-hybridized carbons (Fsp3) is 0.259. The van der Waals surface area contributed by atoms with Gasteiger partial charge in [0.15, 0.2) is 5.82 Å². The molecule has 11 nitrogen and oxygen atoms in total. The van der Waals surface area contributed by atoms with Crippen LogP contribution in [0.4, 0.5) is 14.6 Å². The van der Waals surface area contributed by atoms with Crippen molar-refractivity contribution in [2.75, 3.05) is 12.3 Å². The van der Waals surface area contributed by atoms with E-state index in [0.717, 1.165) is 0 Å². The first kappa shape index (κ1) is 27.7. The normalized spacial score (nSPS) is 16.1. The van der Waals surface area contributed by atoms with E-state index in [1.54, 1.807) is 34.2 Å². The number of nitrogens with two attached hydrogens (primary N) is 1. The highest BCUT2D eigenvalue weighted by Crippen LogP contribution is 2.33. The van der Waals surface area contributed by atoms with Gasteiger partial charge in [0.1, 0.15) is 28.7 Å². The number of carbonyl (C=O) groups is 2. The lowest BCUT2D eigenvalue weighted by Gasteiger charge is -2.20. The maximum absolute atomic E-state index is 15.2. The van der Waals surface area contributed by atoms with E-state index in [1.165, 1.54) is 18.3 Å². The van der Waals surface area contributed by atoms with Crippen molar-refractivity contribution >= 4 is 40.1 Å². The zero-order chi connectivity index (χ0) is 29.1. The number of amides is 1. The van der Waals surface area contributed by atoms with Crippen LogP contribution in [0.3, 0.4) is 0 Å². The van der Waals surface area contributed by atoms with Gasteiger partial charge in [-0.1, -0.05) is 12.5 Å². The largest absolute Gasteiger partial charge is 0.483 e. The number of anilines is 1. The molecule has 0 saturated carbocycles. The number of nitriles is 1. The lowest BCUT2D eigenvalue weighted by molar-refractivity contribution is -0.127. The van der Waals surface area contributed by atoms with Crippen LogP contribution >= 0.6 is 0 Å². The number of carbonyl (C=O) groups excluding carboxylic acids is 1. The second-order valence-corrected chi connectivity index (χ2v) is 8.97. The van der Waals surface area contributed by atoms with Crippen LogP contribution < -0.4 is 5.73 Å². The SMILES string of the molecule is C=CC(=O)N1C[C@@H](n2nc(C#Cc3c(F)cc4c(nc(C)n4C)c3F)c3c(N)nccc32)C[C@@H]1CC#N.O=CO. The smallest absolute Gasteiger partial charge is 0.290 e. The molecule has 0 bridgehead atoms. The Morgan fingerprint density at radius 1 is 1.35 bits per heavy atom. The summed E-state index contributed by atoms with van der Waals surface area (Å²) in [5.74, 6) is 4.11. The fourth-order valence-corrected chi connectivity index (χ4v) is 4.84. The molecule has 3 aromatic heterocycles. The van der Waals surface area contributed by atoms with E-state index < -0.39 is 17.2 Å². The van der Waals surface area contributed by atoms with Gasteiger partial charge in [0.2, 0.25) is 5.91 Å². The molecule has 1 aromatic carbocycles. The van der Waals surface area contributed by atoms with Crippen molar-refractivity contribution < 1.29 is 23.5 Å². The minimum Gasteiger partial charge on any atom is -0.483 e. The van der Waals surface area contributed by atoms with Crippen LogP contribution in [0.5, 0.6) is 0 Å². The van der Waals surface area contributed by atoms with E-state index >= 15 is 4.39 Å². The minimum atomic E-state index is -0.852. The summed E-state index contributed by atoms with van der Waals surface area (Å²) in [7, 11) is 1.68. The molecule has 1 fully saturated rings. The molecule has 0 unspecified atom stereocenters. The van der Waals surface area contributed by atoms with Gasteiger partial charge in [0, 0.05) is 31.9 Å². The number of imidazole rings is 1. The van der Waals surface area contributed by atoms with Crippen LogP contribution in [0.1, 0.15) is 36.0 Å². The van der Waals surface area contributed by atoms with Gasteiger partial charge in [-0.25, -0.2) is 18.7 Å². The molecule has 0 radical (unpaired) electrons. The zero-order valence-corrected chi connectivity index (χ0v) is 21.6. The van der Waals surface area contributed by atoms with E-state index in [2.05, 4.69) is 39.6 Å². The molecule has 1 aliphatic heterocycles. The quantitative estimate of drug-likeness (QED) is 0.226. The zero-order valence-electron chi connectivity index (χ0n) is 21.6. The van der Waals surface area contributed by atoms with Gasteiger partial charge in [0.05, 0.1) is 40.5 Å². The molecule has 1 saturated heterocycles. The third-order valence-corrected chi connectivity index (χ3v) is 6.77. The van der Waals surface area contributed by atoms with Crippen LogP contribution in [-0.4, -0.2) is 59.3 Å². The number of pyridine rings is 1. The summed E-state index contributed by atoms with van der Waals surface area (Å²) >= 11 is 0. The molecule has 4 heterocycles. The van der Waals surface area contributed by atoms with Gasteiger partial charge in [-0.05, 0) is 31.4 Å². The van der Waals surface area contributed by atoms with Crippen molar-refractivity contribution in [3.63, 3.8) is 0 Å². The van der Waals surface area contributed by atoms with Gasteiger partial charge in [-0.2, -0.15) is 10.4 Å². The highest BCUT2D eigenvalue weighted by atomic mass is 19.1. The third-order valence-electron chi connectivity index (χ3n) is 6.77. The molecule has 204 valence electrons. The van der Waals surface area contributed by atoms with Crippen LogP contribution in [0.25, 0.3) is 21.9 Å². The number of halogens is 2. The van der Waals surface area contributed by atoms with Crippen molar-refractivity contribution in [3.05, 3.63) is 59.7 Å². The van der Waals surface area contributed by atoms with Crippen LogP contribution in [-0.2, 0) is 16.6 Å². The Kier molecular flexibility index (Phi) is 7.77. The summed E-state index contributed by atoms with van der Waals surface area (Å²) in [5.41, 5.74) is 6.89. The minimum absolute atomic E-state index is 0.0312. The highest BCUT2D eigenvalue weighted by Gasteiger charge is 2.36. The van der Waals surface area contributed by atoms with Crippen molar-refractivity contribution in [2.45, 2.75) is 31.8 Å². The van der Waals surface area contributed by atoms with E-state index in [4.69, 9.17) is 15.6 Å². The Morgan fingerprint density at radius 2 is 2.08 bits per heavy atom. The molecule has 1 amide bonds. The molecular weight excluding hydrogens is 522 g/mol. The first-order valence-electron chi connectivity index (χ1n) is 12.0. The van der Waals surface area contributed by atoms with E-state index in [-0.39, 0.29) is 47.9 Å². The molecule has 40 heavy (non-hydrogen) atoms. The number of likely N-dealkylation sites (tertiary alicyclic amines) is 1. The van der Waals surface area contributed by atoms with Crippen molar-refractivity contribution in [1.29, 1.82) is 5.26 Å². The van der Waals surface area contributed by atoms with Crippen molar-refractivity contribution in [2.24, 2.45) is 7.05 Å². The Bertz CT molecular complexity index is 1760. The van der Waals surface area contributed by atoms with Gasteiger partial charge < -0.3 is 20.3 Å². The number of benzene rings is 1. The van der Waals surface area contributed by atoms with Crippen LogP contribution in [0.2, 0.25) is 0 Å². The first-order chi connectivity index (χ1) is 19.2. The standard InChI is InChI=1S/C26H22F2N8O.CH2O2/c1-4-22(37)35-13-16(11-15(35)7-9-29)36-20-8-10-31-26(30)23(20)19(33-36)6-5-17-18(27)12-21-25(24(17)28)32-14(2)34(21)3;2-1-3/h4,8,10,12,15-16H,1,7,11,13H2,2-3H3,(H2,30,31);1H,(H,2,3)/t15-,16-;/m0./s1. The number of aromatic nitrogens is 5. The molecular formula is C27H24F2N8O3. The van der Waals surface area contributed by atoms with Gasteiger partial charge in [-0.15, -0.1) is 0 Å². The average molecular weight is 547 g/mol. The second-order valence-electron chi connectivity index (χ2n) is 8.97. The third kappa shape index (κ3) is 4.80. The average Bonchev–Trinajstić information content (AvgIpc) is 3.59. The van der Waals surface area contributed by atoms with Crippen molar-refractivity contribution in [1.82, 2.24) is 29.2 Å². The summed E-state index contributed by atoms with van der Waals surface area (Å²) in [6.07, 6.45) is 3.39. The number of hydrogen-bond acceptors (Lipinski definition) is 7. The van der Waals surface area contributed by atoms with E-state index in [9.17, 15) is 14.4 Å². The van der Waals surface area contributed by atoms with Gasteiger partial charge >= 0.3 is 0 Å². The fourth-order valence-electron chi connectivity index (χ4n) is 4.84. The Balaban J connectivity index is 0.00000118. The second kappa shape index (κ2) is 11.2. The maximum atomic E-state index is 15.2. The lowest BCUT2D eigenvalue weighted by Crippen LogP contribution is -2.34. The number of hydrogen-bond donors (Lipinski definition) is 2. The Morgan fingerprint density at radius 3 is 2.75 bits per heavy atom. The lowest BCUT2D eigenvalue weighted by atomic mass is 10.1. The maximum Gasteiger partial charge on any atom is 0.290 e. The number of aryl methyl sites for hydroxylation is 2. The van der Waals surface area contributed by atoms with E-state index in [1.807, 2.05) is 0 Å².